The fourth-order valence-electron chi connectivity index (χ4n) is 1.32. The van der Waals surface area contributed by atoms with Gasteiger partial charge in [0.1, 0.15) is 0 Å². The Balaban J connectivity index is 2.08. The summed E-state index contributed by atoms with van der Waals surface area (Å²) in [6, 6.07) is 4.74. The molecule has 0 fully saturated rings. The van der Waals surface area contributed by atoms with Crippen molar-refractivity contribution in [2.75, 3.05) is 11.1 Å². The van der Waals surface area contributed by atoms with E-state index < -0.39 is 11.9 Å². The van der Waals surface area contributed by atoms with E-state index in [9.17, 15) is 9.59 Å². The number of benzene rings is 1. The number of halogens is 2. The summed E-state index contributed by atoms with van der Waals surface area (Å²) < 4.78 is 0.443. The number of hydrogen-bond acceptors (Lipinski definition) is 6. The number of nitrogens with zero attached hydrogens (tertiary/aromatic N) is 2. The molecule has 0 saturated carbocycles. The number of carboxylic acids is 1. The van der Waals surface area contributed by atoms with Crippen LogP contribution >= 0.6 is 46.3 Å². The third-order valence-corrected chi connectivity index (χ3v) is 4.72. The molecule has 1 aromatic carbocycles. The average molecular weight is 364 g/mol. The number of carboxylic acid groups (broad SMARTS) is 1. The topological polar surface area (TPSA) is 92.2 Å². The van der Waals surface area contributed by atoms with Gasteiger partial charge < -0.3 is 5.11 Å². The van der Waals surface area contributed by atoms with Crippen LogP contribution in [0.2, 0.25) is 10.0 Å². The Hall–Kier alpha value is -1.35. The Kier molecular flexibility index (Phi) is 5.40. The molecule has 0 aliphatic heterocycles. The second-order valence-corrected chi connectivity index (χ2v) is 6.62. The number of rotatable bonds is 5. The van der Waals surface area contributed by atoms with Crippen molar-refractivity contribution < 1.29 is 14.7 Å². The molecule has 1 aromatic heterocycles. The van der Waals surface area contributed by atoms with Crippen molar-refractivity contribution >= 4 is 63.3 Å². The molecule has 10 heteroatoms. The highest BCUT2D eigenvalue weighted by atomic mass is 35.5. The lowest BCUT2D eigenvalue weighted by Crippen LogP contribution is -2.12. The Bertz CT molecular complexity index is 673. The van der Waals surface area contributed by atoms with Crippen LogP contribution in [0.15, 0.2) is 22.5 Å². The van der Waals surface area contributed by atoms with E-state index in [1.165, 1.54) is 0 Å². The first-order chi connectivity index (χ1) is 9.97. The molecule has 0 radical (unpaired) electrons. The first-order valence-corrected chi connectivity index (χ1v) is 7.96. The Morgan fingerprint density at radius 2 is 1.95 bits per heavy atom. The van der Waals surface area contributed by atoms with Gasteiger partial charge >= 0.3 is 5.97 Å². The molecule has 1 amide bonds. The van der Waals surface area contributed by atoms with E-state index in [4.69, 9.17) is 28.3 Å². The molecule has 6 nitrogen and oxygen atoms in total. The number of aliphatic carboxylic acids is 1. The van der Waals surface area contributed by atoms with E-state index in [-0.39, 0.29) is 26.5 Å². The maximum atomic E-state index is 12.1. The monoisotopic (exact) mass is 363 g/mol. The van der Waals surface area contributed by atoms with Crippen LogP contribution in [-0.2, 0) is 4.79 Å². The molecule has 0 aliphatic carbocycles. The first kappa shape index (κ1) is 16.0. The molecular weight excluding hydrogens is 357 g/mol. The van der Waals surface area contributed by atoms with Gasteiger partial charge in [0.25, 0.3) is 5.91 Å². The number of nitrogens with one attached hydrogen (secondary N) is 1. The van der Waals surface area contributed by atoms with Gasteiger partial charge in [-0.15, -0.1) is 10.2 Å². The zero-order valence-corrected chi connectivity index (χ0v) is 13.3. The van der Waals surface area contributed by atoms with Crippen LogP contribution in [0.5, 0.6) is 0 Å². The standard InChI is InChI=1S/C11H7Cl2N3O3S2/c12-5-2-1-3-6(13)8(5)9(19)14-10-15-16-11(21-10)20-4-7(17)18/h1-3H,4H2,(H,17,18)(H,14,15,19). The second kappa shape index (κ2) is 7.08. The van der Waals surface area contributed by atoms with Crippen LogP contribution in [0.4, 0.5) is 5.13 Å². The Morgan fingerprint density at radius 3 is 2.57 bits per heavy atom. The van der Waals surface area contributed by atoms with Gasteiger partial charge in [-0.25, -0.2) is 0 Å². The molecule has 0 spiro atoms. The largest absolute Gasteiger partial charge is 0.481 e. The number of amides is 1. The predicted molar refractivity (Wildman–Crippen MR) is 82.7 cm³/mol. The van der Waals surface area contributed by atoms with Crippen molar-refractivity contribution in [1.29, 1.82) is 0 Å². The van der Waals surface area contributed by atoms with E-state index >= 15 is 0 Å². The van der Waals surface area contributed by atoms with Crippen LogP contribution in [0, 0.1) is 0 Å². The van der Waals surface area contributed by atoms with Crippen molar-refractivity contribution in [2.24, 2.45) is 0 Å². The third kappa shape index (κ3) is 4.31. The lowest BCUT2D eigenvalue weighted by molar-refractivity contribution is -0.133. The highest BCUT2D eigenvalue weighted by Gasteiger charge is 2.16. The van der Waals surface area contributed by atoms with Gasteiger partial charge in [0.2, 0.25) is 5.13 Å². The molecule has 0 aliphatic rings. The smallest absolute Gasteiger partial charge is 0.313 e. The number of aromatic nitrogens is 2. The second-order valence-electron chi connectivity index (χ2n) is 3.61. The van der Waals surface area contributed by atoms with Gasteiger partial charge in [0.15, 0.2) is 4.34 Å². The lowest BCUT2D eigenvalue weighted by Gasteiger charge is -2.05. The minimum absolute atomic E-state index is 0.126. The molecule has 0 unspecified atom stereocenters. The summed E-state index contributed by atoms with van der Waals surface area (Å²) in [6.07, 6.45) is 0. The highest BCUT2D eigenvalue weighted by Crippen LogP contribution is 2.28. The molecule has 2 aromatic rings. The maximum Gasteiger partial charge on any atom is 0.313 e. The van der Waals surface area contributed by atoms with Gasteiger partial charge in [-0.1, -0.05) is 52.4 Å². The van der Waals surface area contributed by atoms with E-state index in [2.05, 4.69) is 15.5 Å². The average Bonchev–Trinajstić information content (AvgIpc) is 2.83. The highest BCUT2D eigenvalue weighted by molar-refractivity contribution is 8.01. The van der Waals surface area contributed by atoms with E-state index in [1.54, 1.807) is 18.2 Å². The van der Waals surface area contributed by atoms with Gasteiger partial charge in [-0.3, -0.25) is 14.9 Å². The Labute approximate surface area is 137 Å². The normalized spacial score (nSPS) is 10.4. The summed E-state index contributed by atoms with van der Waals surface area (Å²) in [5, 5.41) is 19.3. The van der Waals surface area contributed by atoms with Crippen LogP contribution in [0.1, 0.15) is 10.4 Å². The number of carbonyl (C=O) groups is 2. The number of thioether (sulfide) groups is 1. The fraction of sp³-hybridized carbons (Fsp3) is 0.0909. The SMILES string of the molecule is O=C(O)CSc1nnc(NC(=O)c2c(Cl)cccc2Cl)s1. The van der Waals surface area contributed by atoms with Crippen LogP contribution < -0.4 is 5.32 Å². The van der Waals surface area contributed by atoms with Crippen LogP contribution in [0.25, 0.3) is 0 Å². The first-order valence-electron chi connectivity index (χ1n) is 5.41. The Morgan fingerprint density at radius 1 is 1.29 bits per heavy atom. The molecular formula is C11H7Cl2N3O3S2. The fourth-order valence-corrected chi connectivity index (χ4v) is 3.35. The number of hydrogen-bond donors (Lipinski definition) is 2. The molecule has 1 heterocycles. The van der Waals surface area contributed by atoms with Crippen LogP contribution in [-0.4, -0.2) is 32.9 Å². The van der Waals surface area contributed by atoms with Crippen molar-refractivity contribution in [3.8, 4) is 0 Å². The lowest BCUT2D eigenvalue weighted by atomic mass is 10.2. The molecule has 0 saturated heterocycles. The molecule has 21 heavy (non-hydrogen) atoms. The number of carbonyl (C=O) groups excluding carboxylic acids is 1. The summed E-state index contributed by atoms with van der Waals surface area (Å²) >= 11 is 14.0. The third-order valence-electron chi connectivity index (χ3n) is 2.14. The van der Waals surface area contributed by atoms with Crippen molar-refractivity contribution in [3.05, 3.63) is 33.8 Å². The van der Waals surface area contributed by atoms with E-state index in [0.717, 1.165) is 23.1 Å². The van der Waals surface area contributed by atoms with Crippen molar-refractivity contribution in [1.82, 2.24) is 10.2 Å². The maximum absolute atomic E-state index is 12.1. The summed E-state index contributed by atoms with van der Waals surface area (Å²) in [7, 11) is 0. The quantitative estimate of drug-likeness (QED) is 0.625. The molecule has 0 bridgehead atoms. The molecule has 0 atom stereocenters. The molecule has 2 rings (SSSR count). The van der Waals surface area contributed by atoms with Gasteiger partial charge in [-0.2, -0.15) is 0 Å². The number of anilines is 1. The van der Waals surface area contributed by atoms with Crippen molar-refractivity contribution in [2.45, 2.75) is 4.34 Å². The van der Waals surface area contributed by atoms with E-state index in [1.807, 2.05) is 0 Å². The van der Waals surface area contributed by atoms with E-state index in [0.29, 0.717) is 4.34 Å². The zero-order chi connectivity index (χ0) is 15.4. The zero-order valence-electron chi connectivity index (χ0n) is 10.2. The minimum Gasteiger partial charge on any atom is -0.481 e. The van der Waals surface area contributed by atoms with Gasteiger partial charge in [-0.05, 0) is 12.1 Å². The van der Waals surface area contributed by atoms with Crippen molar-refractivity contribution in [3.63, 3.8) is 0 Å². The summed E-state index contributed by atoms with van der Waals surface area (Å²) in [4.78, 5) is 22.5. The summed E-state index contributed by atoms with van der Waals surface area (Å²) in [5.41, 5.74) is 0.149. The molecule has 110 valence electrons. The van der Waals surface area contributed by atoms with Crippen LogP contribution in [0.3, 0.4) is 0 Å². The summed E-state index contributed by atoms with van der Waals surface area (Å²) in [5.74, 6) is -1.58. The molecule has 2 N–H and O–H groups in total. The van der Waals surface area contributed by atoms with Gasteiger partial charge in [0.05, 0.1) is 21.4 Å². The summed E-state index contributed by atoms with van der Waals surface area (Å²) in [6.45, 7) is 0. The predicted octanol–water partition coefficient (Wildman–Crippen LogP) is 3.27. The minimum atomic E-state index is -0.955. The van der Waals surface area contributed by atoms with Gasteiger partial charge in [0, 0.05) is 0 Å².